The maximum absolute atomic E-state index is 12.7. The lowest BCUT2D eigenvalue weighted by Crippen LogP contribution is -2.41. The molecule has 0 bridgehead atoms. The molecule has 0 spiro atoms. The lowest BCUT2D eigenvalue weighted by atomic mass is 9.99. The molecule has 0 radical (unpaired) electrons. The molecule has 6 heteroatoms. The second-order valence-corrected chi connectivity index (χ2v) is 6.64. The van der Waals surface area contributed by atoms with Gasteiger partial charge in [0, 0.05) is 41.7 Å². The first-order valence-corrected chi connectivity index (χ1v) is 9.34. The van der Waals surface area contributed by atoms with Crippen molar-refractivity contribution in [3.63, 3.8) is 0 Å². The maximum atomic E-state index is 12.7. The highest BCUT2D eigenvalue weighted by Crippen LogP contribution is 2.36. The smallest absolute Gasteiger partial charge is 0.332 e. The van der Waals surface area contributed by atoms with Crippen molar-refractivity contribution in [2.75, 3.05) is 11.5 Å². The Morgan fingerprint density at radius 1 is 1.18 bits per heavy atom. The molecule has 0 fully saturated rings. The zero-order valence-corrected chi connectivity index (χ0v) is 16.5. The van der Waals surface area contributed by atoms with Gasteiger partial charge in [-0.25, -0.2) is 4.79 Å². The van der Waals surface area contributed by atoms with E-state index in [4.69, 9.17) is 16.3 Å². The minimum absolute atomic E-state index is 0.132. The second kappa shape index (κ2) is 8.76. The highest BCUT2D eigenvalue weighted by Gasteiger charge is 2.31. The van der Waals surface area contributed by atoms with Crippen LogP contribution in [-0.4, -0.2) is 23.4 Å². The quantitative estimate of drug-likeness (QED) is 0.540. The SMILES string of the molecule is CCOC(=O)/C=C/N1C=Cc2ccccc2C1N(C(C)=O)c1ccc(Cl)cc1. The monoisotopic (exact) mass is 396 g/mol. The van der Waals surface area contributed by atoms with E-state index < -0.39 is 12.1 Å². The molecule has 3 rings (SSSR count). The Labute approximate surface area is 169 Å². The Hall–Kier alpha value is -3.05. The normalized spacial score (nSPS) is 15.4. The number of esters is 1. The molecule has 1 heterocycles. The van der Waals surface area contributed by atoms with Gasteiger partial charge in [-0.05, 0) is 42.8 Å². The summed E-state index contributed by atoms with van der Waals surface area (Å²) in [6.45, 7) is 3.57. The molecule has 5 nitrogen and oxygen atoms in total. The van der Waals surface area contributed by atoms with Crippen LogP contribution in [0.4, 0.5) is 5.69 Å². The van der Waals surface area contributed by atoms with Gasteiger partial charge in [0.25, 0.3) is 0 Å². The predicted molar refractivity (Wildman–Crippen MR) is 110 cm³/mol. The number of halogens is 1. The lowest BCUT2D eigenvalue weighted by Gasteiger charge is -2.40. The Bertz CT molecular complexity index is 922. The molecule has 2 aromatic carbocycles. The van der Waals surface area contributed by atoms with Crippen molar-refractivity contribution < 1.29 is 14.3 Å². The van der Waals surface area contributed by atoms with Gasteiger partial charge >= 0.3 is 5.97 Å². The number of nitrogens with zero attached hydrogens (tertiary/aromatic N) is 2. The molecule has 1 aliphatic rings. The molecule has 0 saturated heterocycles. The van der Waals surface area contributed by atoms with Crippen LogP contribution in [0.25, 0.3) is 6.08 Å². The predicted octanol–water partition coefficient (Wildman–Crippen LogP) is 4.75. The maximum Gasteiger partial charge on any atom is 0.332 e. The van der Waals surface area contributed by atoms with E-state index in [1.54, 1.807) is 42.3 Å². The standard InChI is InChI=1S/C22H21ClN2O3/c1-3-28-21(27)13-15-24-14-12-17-6-4-5-7-20(17)22(24)25(16(2)26)19-10-8-18(23)9-11-19/h4-15,22H,3H2,1-2H3/b15-13+. The van der Waals surface area contributed by atoms with E-state index in [1.165, 1.54) is 13.0 Å². The van der Waals surface area contributed by atoms with Crippen LogP contribution in [0.2, 0.25) is 5.02 Å². The van der Waals surface area contributed by atoms with Crippen LogP contribution >= 0.6 is 11.6 Å². The number of hydrogen-bond donors (Lipinski definition) is 0. The highest BCUT2D eigenvalue weighted by molar-refractivity contribution is 6.30. The molecular weight excluding hydrogens is 376 g/mol. The third kappa shape index (κ3) is 4.26. The number of ether oxygens (including phenoxy) is 1. The Morgan fingerprint density at radius 2 is 1.89 bits per heavy atom. The van der Waals surface area contributed by atoms with Crippen molar-refractivity contribution in [2.24, 2.45) is 0 Å². The van der Waals surface area contributed by atoms with Gasteiger partial charge in [0.05, 0.1) is 6.61 Å². The van der Waals surface area contributed by atoms with E-state index in [0.717, 1.165) is 11.1 Å². The zero-order valence-electron chi connectivity index (χ0n) is 15.7. The van der Waals surface area contributed by atoms with Gasteiger partial charge in [-0.1, -0.05) is 35.9 Å². The minimum Gasteiger partial charge on any atom is -0.463 e. The van der Waals surface area contributed by atoms with E-state index in [2.05, 4.69) is 0 Å². The number of rotatable bonds is 5. The number of fused-ring (bicyclic) bond motifs is 1. The number of carbonyl (C=O) groups excluding carboxylic acids is 2. The van der Waals surface area contributed by atoms with E-state index in [-0.39, 0.29) is 5.91 Å². The summed E-state index contributed by atoms with van der Waals surface area (Å²) >= 11 is 6.02. The van der Waals surface area contributed by atoms with E-state index in [1.807, 2.05) is 41.4 Å². The van der Waals surface area contributed by atoms with Crippen molar-refractivity contribution in [3.05, 3.63) is 83.2 Å². The minimum atomic E-state index is -0.453. The molecular formula is C22H21ClN2O3. The zero-order chi connectivity index (χ0) is 20.1. The van der Waals surface area contributed by atoms with Crippen molar-refractivity contribution in [2.45, 2.75) is 20.0 Å². The summed E-state index contributed by atoms with van der Waals surface area (Å²) in [5.41, 5.74) is 2.67. The van der Waals surface area contributed by atoms with Crippen LogP contribution in [-0.2, 0) is 14.3 Å². The third-order valence-corrected chi connectivity index (χ3v) is 4.59. The van der Waals surface area contributed by atoms with Crippen molar-refractivity contribution in [1.29, 1.82) is 0 Å². The number of carbonyl (C=O) groups is 2. The summed E-state index contributed by atoms with van der Waals surface area (Å²) in [5, 5.41) is 0.593. The molecule has 1 amide bonds. The molecule has 2 aromatic rings. The Morgan fingerprint density at radius 3 is 2.57 bits per heavy atom. The summed E-state index contributed by atoms with van der Waals surface area (Å²) in [6.07, 6.45) is 6.32. The van der Waals surface area contributed by atoms with Crippen molar-refractivity contribution in [1.82, 2.24) is 4.90 Å². The molecule has 1 unspecified atom stereocenters. The summed E-state index contributed by atoms with van der Waals surface area (Å²) in [5.74, 6) is -0.568. The fourth-order valence-corrected chi connectivity index (χ4v) is 3.27. The lowest BCUT2D eigenvalue weighted by molar-refractivity contribution is -0.137. The number of hydrogen-bond acceptors (Lipinski definition) is 4. The summed E-state index contributed by atoms with van der Waals surface area (Å²) in [7, 11) is 0. The van der Waals surface area contributed by atoms with Crippen LogP contribution in [0.3, 0.4) is 0 Å². The second-order valence-electron chi connectivity index (χ2n) is 6.20. The van der Waals surface area contributed by atoms with E-state index >= 15 is 0 Å². The fraction of sp³-hybridized carbons (Fsp3) is 0.182. The molecule has 1 atom stereocenters. The first-order valence-electron chi connectivity index (χ1n) is 8.96. The van der Waals surface area contributed by atoms with Crippen LogP contribution in [0.5, 0.6) is 0 Å². The number of anilines is 1. The van der Waals surface area contributed by atoms with Gasteiger partial charge in [-0.3, -0.25) is 9.69 Å². The third-order valence-electron chi connectivity index (χ3n) is 4.34. The summed E-state index contributed by atoms with van der Waals surface area (Å²) in [4.78, 5) is 27.9. The van der Waals surface area contributed by atoms with Crippen LogP contribution < -0.4 is 4.90 Å². The van der Waals surface area contributed by atoms with Gasteiger partial charge in [0.2, 0.25) is 5.91 Å². The molecule has 0 aliphatic carbocycles. The van der Waals surface area contributed by atoms with E-state index in [0.29, 0.717) is 17.3 Å². The largest absolute Gasteiger partial charge is 0.463 e. The average molecular weight is 397 g/mol. The molecule has 144 valence electrons. The van der Waals surface area contributed by atoms with Gasteiger partial charge in [-0.15, -0.1) is 0 Å². The topological polar surface area (TPSA) is 49.9 Å². The van der Waals surface area contributed by atoms with E-state index in [9.17, 15) is 9.59 Å². The van der Waals surface area contributed by atoms with Gasteiger partial charge in [0.15, 0.2) is 0 Å². The van der Waals surface area contributed by atoms with Crippen molar-refractivity contribution in [3.8, 4) is 0 Å². The Kier molecular flexibility index (Phi) is 6.16. The molecule has 0 aromatic heterocycles. The first kappa shape index (κ1) is 19.7. The molecule has 28 heavy (non-hydrogen) atoms. The van der Waals surface area contributed by atoms with Crippen molar-refractivity contribution >= 4 is 35.2 Å². The van der Waals surface area contributed by atoms with Crippen LogP contribution in [0, 0.1) is 0 Å². The molecule has 1 aliphatic heterocycles. The van der Waals surface area contributed by atoms with Gasteiger partial charge in [0.1, 0.15) is 6.17 Å². The average Bonchev–Trinajstić information content (AvgIpc) is 2.68. The first-order chi connectivity index (χ1) is 13.5. The fourth-order valence-electron chi connectivity index (χ4n) is 3.14. The number of benzene rings is 2. The molecule has 0 saturated carbocycles. The van der Waals surface area contributed by atoms with Gasteiger partial charge in [-0.2, -0.15) is 0 Å². The Balaban J connectivity index is 2.06. The summed E-state index contributed by atoms with van der Waals surface area (Å²) in [6, 6.07) is 14.9. The number of amides is 1. The molecule has 0 N–H and O–H groups in total. The highest BCUT2D eigenvalue weighted by atomic mass is 35.5. The van der Waals surface area contributed by atoms with Crippen LogP contribution in [0.1, 0.15) is 31.1 Å². The summed E-state index contributed by atoms with van der Waals surface area (Å²) < 4.78 is 4.97. The van der Waals surface area contributed by atoms with Crippen LogP contribution in [0.15, 0.2) is 67.0 Å². The van der Waals surface area contributed by atoms with Gasteiger partial charge < -0.3 is 9.64 Å².